The number of aldehydes is 1. The molecule has 3 N–H and O–H groups in total. The van der Waals surface area contributed by atoms with E-state index in [1.165, 1.54) is 6.92 Å². The molecule has 12 heavy (non-hydrogen) atoms. The van der Waals surface area contributed by atoms with Crippen molar-refractivity contribution >= 4 is 6.29 Å². The molecule has 0 saturated carbocycles. The lowest BCUT2D eigenvalue weighted by molar-refractivity contribution is -0.183. The van der Waals surface area contributed by atoms with Gasteiger partial charge in [0.15, 0.2) is 0 Å². The van der Waals surface area contributed by atoms with Crippen LogP contribution in [0.3, 0.4) is 0 Å². The average molecular weight is 169 g/mol. The van der Waals surface area contributed by atoms with Gasteiger partial charge in [0.05, 0.1) is 5.41 Å². The van der Waals surface area contributed by atoms with Crippen LogP contribution >= 0.6 is 0 Å². The topological polar surface area (TPSA) is 77.8 Å². The fourth-order valence-corrected chi connectivity index (χ4v) is 0.839. The van der Waals surface area contributed by atoms with Gasteiger partial charge < -0.3 is 20.1 Å². The van der Waals surface area contributed by atoms with E-state index < -0.39 is 11.2 Å². The van der Waals surface area contributed by atoms with Crippen molar-refractivity contribution in [1.82, 2.24) is 0 Å². The fourth-order valence-electron chi connectivity index (χ4n) is 0.839. The second kappa shape index (κ2) is 2.43. The maximum absolute atomic E-state index is 10.5. The molecule has 0 spiro atoms. The molecule has 4 heteroatoms. The Labute approximate surface area is 69.5 Å². The van der Waals surface area contributed by atoms with Gasteiger partial charge in [-0.05, 0) is 6.92 Å². The van der Waals surface area contributed by atoms with E-state index in [2.05, 4.69) is 6.08 Å². The minimum absolute atomic E-state index is 0.390. The maximum atomic E-state index is 10.5. The summed E-state index contributed by atoms with van der Waals surface area (Å²) in [6, 6.07) is 0. The second-order valence-corrected chi connectivity index (χ2v) is 2.94. The quantitative estimate of drug-likeness (QED) is 0.371. The number of hydrogen-bond donors (Lipinski definition) is 3. The summed E-state index contributed by atoms with van der Waals surface area (Å²) in [6.45, 7) is 1.33. The van der Waals surface area contributed by atoms with Gasteiger partial charge in [-0.25, -0.2) is 0 Å². The van der Waals surface area contributed by atoms with Gasteiger partial charge in [-0.15, -0.1) is 0 Å². The highest BCUT2D eigenvalue weighted by Gasteiger charge is 2.44. The van der Waals surface area contributed by atoms with E-state index in [0.29, 0.717) is 6.29 Å². The van der Waals surface area contributed by atoms with Crippen molar-refractivity contribution in [2.24, 2.45) is 5.41 Å². The van der Waals surface area contributed by atoms with E-state index in [9.17, 15) is 15.0 Å². The summed E-state index contributed by atoms with van der Waals surface area (Å²) in [5.74, 6) is -2.73. The standard InChI is InChI=1S/C8H9O4/c1-7(5-9)3-2-6(10)4-8(7,11)12/h3-5,10-12H,1H3. The van der Waals surface area contributed by atoms with Crippen LogP contribution in [-0.4, -0.2) is 27.4 Å². The number of aliphatic hydroxyl groups excluding tert-OH is 1. The number of carbonyl (C=O) groups excluding carboxylic acids is 1. The minimum Gasteiger partial charge on any atom is -0.507 e. The molecule has 0 heterocycles. The molecule has 0 aliphatic heterocycles. The fraction of sp³-hybridized carbons (Fsp3) is 0.375. The molecular weight excluding hydrogens is 160 g/mol. The molecule has 1 atom stereocenters. The van der Waals surface area contributed by atoms with Crippen molar-refractivity contribution in [2.45, 2.75) is 12.7 Å². The van der Waals surface area contributed by atoms with Crippen LogP contribution < -0.4 is 0 Å². The Kier molecular flexibility index (Phi) is 1.82. The molecular formula is C8H9O4. The van der Waals surface area contributed by atoms with E-state index in [0.717, 1.165) is 12.2 Å². The molecule has 0 aromatic heterocycles. The van der Waals surface area contributed by atoms with Crippen LogP contribution in [0.1, 0.15) is 6.92 Å². The largest absolute Gasteiger partial charge is 0.507 e. The molecule has 0 fully saturated rings. The van der Waals surface area contributed by atoms with E-state index in [-0.39, 0.29) is 5.76 Å². The van der Waals surface area contributed by atoms with Crippen molar-refractivity contribution in [3.8, 4) is 0 Å². The molecule has 1 unspecified atom stereocenters. The van der Waals surface area contributed by atoms with Crippen LogP contribution in [-0.2, 0) is 4.79 Å². The summed E-state index contributed by atoms with van der Waals surface area (Å²) in [5, 5.41) is 27.4. The first kappa shape index (κ1) is 8.96. The first-order valence-electron chi connectivity index (χ1n) is 3.35. The Morgan fingerprint density at radius 2 is 2.17 bits per heavy atom. The third kappa shape index (κ3) is 1.15. The summed E-state index contributed by atoms with van der Waals surface area (Å²) in [5.41, 5.74) is -1.45. The summed E-state index contributed by atoms with van der Waals surface area (Å²) in [6.07, 6.45) is 4.60. The number of rotatable bonds is 1. The highest BCUT2D eigenvalue weighted by molar-refractivity contribution is 5.65. The summed E-state index contributed by atoms with van der Waals surface area (Å²) < 4.78 is 0. The van der Waals surface area contributed by atoms with Gasteiger partial charge in [0.1, 0.15) is 12.0 Å². The van der Waals surface area contributed by atoms with Gasteiger partial charge >= 0.3 is 0 Å². The van der Waals surface area contributed by atoms with Crippen LogP contribution in [0.4, 0.5) is 0 Å². The van der Waals surface area contributed by atoms with Gasteiger partial charge in [-0.3, -0.25) is 0 Å². The van der Waals surface area contributed by atoms with Crippen molar-refractivity contribution in [3.05, 3.63) is 24.0 Å². The van der Waals surface area contributed by atoms with Crippen molar-refractivity contribution in [3.63, 3.8) is 0 Å². The number of hydrogen-bond acceptors (Lipinski definition) is 4. The predicted molar refractivity (Wildman–Crippen MR) is 39.9 cm³/mol. The van der Waals surface area contributed by atoms with Gasteiger partial charge in [-0.1, -0.05) is 6.08 Å². The normalized spacial score (nSPS) is 32.8. The Morgan fingerprint density at radius 1 is 1.58 bits per heavy atom. The minimum atomic E-state index is -2.34. The first-order valence-corrected chi connectivity index (χ1v) is 3.35. The van der Waals surface area contributed by atoms with E-state index in [1.54, 1.807) is 0 Å². The Balaban J connectivity index is 3.12. The van der Waals surface area contributed by atoms with Gasteiger partial charge in [0, 0.05) is 12.2 Å². The highest BCUT2D eigenvalue weighted by atomic mass is 16.5. The molecule has 1 aliphatic rings. The van der Waals surface area contributed by atoms with E-state index >= 15 is 0 Å². The van der Waals surface area contributed by atoms with Crippen LogP contribution in [0, 0.1) is 11.5 Å². The molecule has 4 nitrogen and oxygen atoms in total. The van der Waals surface area contributed by atoms with Crippen LogP contribution in [0.2, 0.25) is 0 Å². The summed E-state index contributed by atoms with van der Waals surface area (Å²) in [7, 11) is 0. The maximum Gasteiger partial charge on any atom is 0.202 e. The number of allylic oxidation sites excluding steroid dienone is 1. The van der Waals surface area contributed by atoms with Gasteiger partial charge in [0.2, 0.25) is 5.79 Å². The average Bonchev–Trinajstić information content (AvgIpc) is 1.97. The Hall–Kier alpha value is -1.13. The Morgan fingerprint density at radius 3 is 2.58 bits per heavy atom. The highest BCUT2D eigenvalue weighted by Crippen LogP contribution is 2.33. The zero-order chi connectivity index (χ0) is 9.41. The summed E-state index contributed by atoms with van der Waals surface area (Å²) in [4.78, 5) is 10.5. The monoisotopic (exact) mass is 169 g/mol. The molecule has 0 aromatic carbocycles. The third-order valence-corrected chi connectivity index (χ3v) is 1.90. The zero-order valence-corrected chi connectivity index (χ0v) is 6.48. The molecule has 1 rings (SSSR count). The van der Waals surface area contributed by atoms with E-state index in [1.807, 2.05) is 0 Å². The molecule has 0 saturated heterocycles. The van der Waals surface area contributed by atoms with Crippen molar-refractivity contribution in [1.29, 1.82) is 0 Å². The molecule has 65 valence electrons. The van der Waals surface area contributed by atoms with Gasteiger partial charge in [0.25, 0.3) is 0 Å². The SMILES string of the molecule is CC1(C=O)C=[C]C(O)=CC1(O)O. The Bertz CT molecular complexity index is 264. The molecule has 1 radical (unpaired) electrons. The molecule has 0 amide bonds. The molecule has 1 aliphatic carbocycles. The molecule has 0 aromatic rings. The third-order valence-electron chi connectivity index (χ3n) is 1.90. The predicted octanol–water partition coefficient (Wildman–Crippen LogP) is -0.313. The lowest BCUT2D eigenvalue weighted by Gasteiger charge is -2.33. The second-order valence-electron chi connectivity index (χ2n) is 2.94. The van der Waals surface area contributed by atoms with Crippen molar-refractivity contribution < 1.29 is 20.1 Å². The lowest BCUT2D eigenvalue weighted by Crippen LogP contribution is -2.46. The van der Waals surface area contributed by atoms with E-state index in [4.69, 9.17) is 5.11 Å². The smallest absolute Gasteiger partial charge is 0.202 e. The summed E-state index contributed by atoms with van der Waals surface area (Å²) >= 11 is 0. The molecule has 0 bridgehead atoms. The van der Waals surface area contributed by atoms with Crippen molar-refractivity contribution in [2.75, 3.05) is 0 Å². The van der Waals surface area contributed by atoms with Crippen LogP contribution in [0.15, 0.2) is 17.9 Å². The zero-order valence-electron chi connectivity index (χ0n) is 6.48. The first-order chi connectivity index (χ1) is 5.41. The van der Waals surface area contributed by atoms with Crippen LogP contribution in [0.25, 0.3) is 0 Å². The number of aliphatic hydroxyl groups is 3. The van der Waals surface area contributed by atoms with Crippen LogP contribution in [0.5, 0.6) is 0 Å². The lowest BCUT2D eigenvalue weighted by atomic mass is 9.79. The number of carbonyl (C=O) groups is 1. The van der Waals surface area contributed by atoms with Gasteiger partial charge in [-0.2, -0.15) is 0 Å².